The molecule has 0 saturated heterocycles. The maximum absolute atomic E-state index is 11.6. The number of ketones is 1. The molecule has 3 N–H and O–H groups in total. The average molecular weight is 188 g/mol. The summed E-state index contributed by atoms with van der Waals surface area (Å²) in [5.74, 6) is 0.102. The monoisotopic (exact) mass is 188 g/mol. The van der Waals surface area contributed by atoms with E-state index in [1.807, 2.05) is 24.3 Å². The van der Waals surface area contributed by atoms with Crippen molar-refractivity contribution in [2.75, 3.05) is 6.54 Å². The Bertz CT molecular complexity index is 459. The normalized spacial score (nSPS) is 10.6. The van der Waals surface area contributed by atoms with Gasteiger partial charge in [-0.05, 0) is 12.6 Å². The van der Waals surface area contributed by atoms with E-state index in [1.54, 1.807) is 6.20 Å². The van der Waals surface area contributed by atoms with E-state index in [0.29, 0.717) is 13.0 Å². The Hall–Kier alpha value is -1.61. The molecule has 0 aliphatic heterocycles. The van der Waals surface area contributed by atoms with E-state index in [4.69, 9.17) is 5.73 Å². The molecule has 72 valence electrons. The van der Waals surface area contributed by atoms with E-state index >= 15 is 0 Å². The molecule has 0 aliphatic rings. The Morgan fingerprint density at radius 1 is 1.36 bits per heavy atom. The first kappa shape index (κ1) is 8.97. The van der Waals surface area contributed by atoms with Gasteiger partial charge in [0.2, 0.25) is 0 Å². The number of nitrogens with two attached hydrogens (primary N) is 1. The zero-order valence-corrected chi connectivity index (χ0v) is 7.79. The van der Waals surface area contributed by atoms with Crippen LogP contribution < -0.4 is 5.73 Å². The standard InChI is InChI=1S/C11H12N2O/c12-6-5-11(14)9-7-13-10-4-2-1-3-8(9)10/h1-4,7,13H,5-6,12H2. The molecule has 0 aliphatic carbocycles. The van der Waals surface area contributed by atoms with Gasteiger partial charge in [0.15, 0.2) is 5.78 Å². The van der Waals surface area contributed by atoms with Crippen molar-refractivity contribution < 1.29 is 4.79 Å². The third-order valence-corrected chi connectivity index (χ3v) is 2.26. The number of hydrogen-bond donors (Lipinski definition) is 2. The minimum Gasteiger partial charge on any atom is -0.360 e. The van der Waals surface area contributed by atoms with Crippen molar-refractivity contribution in [2.45, 2.75) is 6.42 Å². The van der Waals surface area contributed by atoms with Crippen LogP contribution in [0.2, 0.25) is 0 Å². The number of aromatic nitrogens is 1. The molecule has 0 atom stereocenters. The molecule has 0 amide bonds. The van der Waals surface area contributed by atoms with Gasteiger partial charge in [0.05, 0.1) is 0 Å². The molecule has 0 bridgehead atoms. The van der Waals surface area contributed by atoms with Crippen LogP contribution in [0.25, 0.3) is 10.9 Å². The summed E-state index contributed by atoms with van der Waals surface area (Å²) in [5.41, 5.74) is 7.08. The van der Waals surface area contributed by atoms with Gasteiger partial charge in [-0.15, -0.1) is 0 Å². The number of nitrogens with one attached hydrogen (secondary N) is 1. The molecule has 1 aromatic carbocycles. The Kier molecular flexibility index (Phi) is 2.33. The molecule has 3 heteroatoms. The third kappa shape index (κ3) is 1.42. The number of carbonyl (C=O) groups is 1. The minimum atomic E-state index is 0.102. The van der Waals surface area contributed by atoms with Crippen LogP contribution >= 0.6 is 0 Å². The number of aromatic amines is 1. The van der Waals surface area contributed by atoms with Crippen molar-refractivity contribution in [1.29, 1.82) is 0 Å². The smallest absolute Gasteiger partial charge is 0.166 e. The second-order valence-electron chi connectivity index (χ2n) is 3.21. The Balaban J connectivity index is 2.47. The summed E-state index contributed by atoms with van der Waals surface area (Å²) in [4.78, 5) is 14.7. The predicted octanol–water partition coefficient (Wildman–Crippen LogP) is 1.70. The number of benzene rings is 1. The predicted molar refractivity (Wildman–Crippen MR) is 56.3 cm³/mol. The number of hydrogen-bond acceptors (Lipinski definition) is 2. The summed E-state index contributed by atoms with van der Waals surface area (Å²) < 4.78 is 0. The van der Waals surface area contributed by atoms with E-state index < -0.39 is 0 Å². The average Bonchev–Trinajstić information content (AvgIpc) is 2.61. The van der Waals surface area contributed by atoms with Crippen molar-refractivity contribution in [1.82, 2.24) is 4.98 Å². The van der Waals surface area contributed by atoms with Crippen LogP contribution in [0, 0.1) is 0 Å². The summed E-state index contributed by atoms with van der Waals surface area (Å²) in [6, 6.07) is 7.76. The topological polar surface area (TPSA) is 58.9 Å². The van der Waals surface area contributed by atoms with Crippen LogP contribution in [0.3, 0.4) is 0 Å². The van der Waals surface area contributed by atoms with Crippen LogP contribution in [-0.4, -0.2) is 17.3 Å². The SMILES string of the molecule is NCCC(=O)c1c[nH]c2ccccc12. The summed E-state index contributed by atoms with van der Waals surface area (Å²) in [6.45, 7) is 0.401. The van der Waals surface area contributed by atoms with Gasteiger partial charge < -0.3 is 10.7 Å². The van der Waals surface area contributed by atoms with E-state index in [1.165, 1.54) is 0 Å². The van der Waals surface area contributed by atoms with Gasteiger partial charge in [0.25, 0.3) is 0 Å². The lowest BCUT2D eigenvalue weighted by Gasteiger charge is -1.95. The number of para-hydroxylation sites is 1. The van der Waals surface area contributed by atoms with Gasteiger partial charge >= 0.3 is 0 Å². The maximum Gasteiger partial charge on any atom is 0.166 e. The number of fused-ring (bicyclic) bond motifs is 1. The van der Waals surface area contributed by atoms with Gasteiger partial charge in [-0.3, -0.25) is 4.79 Å². The molecule has 0 fully saturated rings. The molecule has 2 rings (SSSR count). The molecule has 0 spiro atoms. The highest BCUT2D eigenvalue weighted by Gasteiger charge is 2.09. The summed E-state index contributed by atoms with van der Waals surface area (Å²) >= 11 is 0. The number of Topliss-reactive ketones (excluding diaryl/α,β-unsaturated/α-hetero) is 1. The molecule has 1 heterocycles. The van der Waals surface area contributed by atoms with Crippen LogP contribution in [0.4, 0.5) is 0 Å². The van der Waals surface area contributed by atoms with E-state index in [9.17, 15) is 4.79 Å². The highest BCUT2D eigenvalue weighted by molar-refractivity contribution is 6.07. The fourth-order valence-electron chi connectivity index (χ4n) is 1.57. The summed E-state index contributed by atoms with van der Waals surface area (Å²) in [5, 5.41) is 0.978. The first-order valence-electron chi connectivity index (χ1n) is 4.62. The number of rotatable bonds is 3. The zero-order chi connectivity index (χ0) is 9.97. The second kappa shape index (κ2) is 3.64. The van der Waals surface area contributed by atoms with Gasteiger partial charge in [-0.25, -0.2) is 0 Å². The Morgan fingerprint density at radius 2 is 2.14 bits per heavy atom. The molecule has 3 nitrogen and oxygen atoms in total. The molecular formula is C11H12N2O. The molecule has 14 heavy (non-hydrogen) atoms. The molecule has 0 radical (unpaired) electrons. The van der Waals surface area contributed by atoms with Crippen LogP contribution in [0.15, 0.2) is 30.5 Å². The Labute approximate surface area is 81.9 Å². The largest absolute Gasteiger partial charge is 0.360 e. The van der Waals surface area contributed by atoms with Gasteiger partial charge in [-0.2, -0.15) is 0 Å². The van der Waals surface area contributed by atoms with Crippen molar-refractivity contribution in [3.8, 4) is 0 Å². The van der Waals surface area contributed by atoms with Crippen LogP contribution in [0.1, 0.15) is 16.8 Å². The molecule has 0 unspecified atom stereocenters. The lowest BCUT2D eigenvalue weighted by Crippen LogP contribution is -2.07. The lowest BCUT2D eigenvalue weighted by atomic mass is 10.1. The van der Waals surface area contributed by atoms with Crippen molar-refractivity contribution >= 4 is 16.7 Å². The minimum absolute atomic E-state index is 0.102. The molecule has 2 aromatic rings. The van der Waals surface area contributed by atoms with E-state index in [-0.39, 0.29) is 5.78 Å². The van der Waals surface area contributed by atoms with Crippen LogP contribution in [0.5, 0.6) is 0 Å². The molecular weight excluding hydrogens is 176 g/mol. The van der Waals surface area contributed by atoms with Crippen LogP contribution in [-0.2, 0) is 0 Å². The number of carbonyl (C=O) groups excluding carboxylic acids is 1. The van der Waals surface area contributed by atoms with Crippen molar-refractivity contribution in [3.05, 3.63) is 36.0 Å². The Morgan fingerprint density at radius 3 is 2.93 bits per heavy atom. The highest BCUT2D eigenvalue weighted by Crippen LogP contribution is 2.18. The zero-order valence-electron chi connectivity index (χ0n) is 7.79. The summed E-state index contributed by atoms with van der Waals surface area (Å²) in [6.07, 6.45) is 2.16. The highest BCUT2D eigenvalue weighted by atomic mass is 16.1. The van der Waals surface area contributed by atoms with E-state index in [0.717, 1.165) is 16.5 Å². The fourth-order valence-corrected chi connectivity index (χ4v) is 1.57. The van der Waals surface area contributed by atoms with Gasteiger partial charge in [0.1, 0.15) is 0 Å². The quantitative estimate of drug-likeness (QED) is 0.720. The fraction of sp³-hybridized carbons (Fsp3) is 0.182. The summed E-state index contributed by atoms with van der Waals surface area (Å²) in [7, 11) is 0. The van der Waals surface area contributed by atoms with E-state index in [2.05, 4.69) is 4.98 Å². The van der Waals surface area contributed by atoms with Gasteiger partial charge in [0, 0.05) is 29.1 Å². The molecule has 1 aromatic heterocycles. The lowest BCUT2D eigenvalue weighted by molar-refractivity contribution is 0.0987. The molecule has 0 saturated carbocycles. The second-order valence-corrected chi connectivity index (χ2v) is 3.21. The van der Waals surface area contributed by atoms with Crippen molar-refractivity contribution in [3.63, 3.8) is 0 Å². The first-order chi connectivity index (χ1) is 6.83. The third-order valence-electron chi connectivity index (χ3n) is 2.26. The van der Waals surface area contributed by atoms with Gasteiger partial charge in [-0.1, -0.05) is 18.2 Å². The first-order valence-corrected chi connectivity index (χ1v) is 4.62. The number of H-pyrrole nitrogens is 1. The van der Waals surface area contributed by atoms with Crippen molar-refractivity contribution in [2.24, 2.45) is 5.73 Å². The maximum atomic E-state index is 11.6.